The maximum Gasteiger partial charge on any atom is 0.149 e. The Labute approximate surface area is 133 Å². The summed E-state index contributed by atoms with van der Waals surface area (Å²) in [6, 6.07) is 18.4. The van der Waals surface area contributed by atoms with E-state index in [-0.39, 0.29) is 0 Å². The fraction of sp³-hybridized carbons (Fsp3) is 0. The van der Waals surface area contributed by atoms with Crippen LogP contribution in [-0.2, 0) is 0 Å². The highest BCUT2D eigenvalue weighted by atomic mass is 127. The molecule has 0 saturated heterocycles. The van der Waals surface area contributed by atoms with Crippen LogP contribution in [0.2, 0.25) is 0 Å². The number of benzene rings is 3. The van der Waals surface area contributed by atoms with Gasteiger partial charge in [-0.25, -0.2) is 0 Å². The number of hydrogen-bond donors (Lipinski definition) is 0. The second-order valence-corrected chi connectivity index (χ2v) is 6.29. The topological polar surface area (TPSA) is 26.3 Å². The van der Waals surface area contributed by atoms with Gasteiger partial charge in [0.25, 0.3) is 0 Å². The summed E-state index contributed by atoms with van der Waals surface area (Å²) in [5, 5.41) is 4.58. The van der Waals surface area contributed by atoms with Gasteiger partial charge >= 0.3 is 0 Å². The van der Waals surface area contributed by atoms with Gasteiger partial charge in [-0.1, -0.05) is 36.4 Å². The van der Waals surface area contributed by atoms with Crippen molar-refractivity contribution in [1.29, 1.82) is 0 Å². The normalized spacial score (nSPS) is 12.0. The lowest BCUT2D eigenvalue weighted by molar-refractivity contribution is 0.660. The maximum absolute atomic E-state index is 6.06. The molecule has 2 nitrogen and oxygen atoms in total. The molecular formula is C18H9IO2. The van der Waals surface area contributed by atoms with Gasteiger partial charge in [-0.15, -0.1) is 0 Å². The van der Waals surface area contributed by atoms with Gasteiger partial charge in [0, 0.05) is 21.5 Å². The molecule has 5 rings (SSSR count). The number of para-hydroxylation sites is 2. The summed E-state index contributed by atoms with van der Waals surface area (Å²) in [6.07, 6.45) is 0. The second-order valence-electron chi connectivity index (χ2n) is 5.13. The van der Waals surface area contributed by atoms with E-state index in [1.54, 1.807) is 0 Å². The van der Waals surface area contributed by atoms with Crippen molar-refractivity contribution in [3.8, 4) is 0 Å². The third-order valence-corrected chi connectivity index (χ3v) is 4.74. The molecule has 0 aliphatic carbocycles. The van der Waals surface area contributed by atoms with E-state index in [0.29, 0.717) is 0 Å². The smallest absolute Gasteiger partial charge is 0.149 e. The highest BCUT2D eigenvalue weighted by Gasteiger charge is 2.18. The van der Waals surface area contributed by atoms with Crippen molar-refractivity contribution in [2.24, 2.45) is 0 Å². The van der Waals surface area contributed by atoms with Crippen LogP contribution in [0.1, 0.15) is 0 Å². The van der Waals surface area contributed by atoms with Crippen LogP contribution in [0.3, 0.4) is 0 Å². The summed E-state index contributed by atoms with van der Waals surface area (Å²) >= 11 is 2.31. The van der Waals surface area contributed by atoms with E-state index in [0.717, 1.165) is 47.4 Å². The van der Waals surface area contributed by atoms with E-state index in [1.807, 2.05) is 36.4 Å². The predicted octanol–water partition coefficient (Wildman–Crippen LogP) is 6.09. The molecule has 0 radical (unpaired) electrons. The molecule has 0 saturated carbocycles. The van der Waals surface area contributed by atoms with Crippen LogP contribution in [-0.4, -0.2) is 0 Å². The fourth-order valence-corrected chi connectivity index (χ4v) is 3.73. The summed E-state index contributed by atoms with van der Waals surface area (Å²) in [5.74, 6) is 0. The molecule has 2 heterocycles. The van der Waals surface area contributed by atoms with Crippen LogP contribution < -0.4 is 0 Å². The lowest BCUT2D eigenvalue weighted by Crippen LogP contribution is -1.75. The maximum atomic E-state index is 6.06. The molecule has 0 bridgehead atoms. The van der Waals surface area contributed by atoms with Crippen molar-refractivity contribution < 1.29 is 8.83 Å². The molecule has 100 valence electrons. The van der Waals surface area contributed by atoms with E-state index >= 15 is 0 Å². The fourth-order valence-electron chi connectivity index (χ4n) is 3.07. The minimum atomic E-state index is 0.916. The third-order valence-electron chi connectivity index (χ3n) is 3.94. The Bertz CT molecular complexity index is 1150. The summed E-state index contributed by atoms with van der Waals surface area (Å²) < 4.78 is 13.1. The van der Waals surface area contributed by atoms with Gasteiger partial charge in [-0.3, -0.25) is 0 Å². The van der Waals surface area contributed by atoms with Crippen molar-refractivity contribution in [2.45, 2.75) is 0 Å². The van der Waals surface area contributed by atoms with Gasteiger partial charge in [-0.05, 0) is 40.8 Å². The van der Waals surface area contributed by atoms with E-state index in [1.165, 1.54) is 0 Å². The van der Waals surface area contributed by atoms with Crippen LogP contribution >= 0.6 is 22.6 Å². The average Bonchev–Trinajstić information content (AvgIpc) is 3.05. The first-order valence-corrected chi connectivity index (χ1v) is 7.82. The van der Waals surface area contributed by atoms with Gasteiger partial charge in [0.2, 0.25) is 0 Å². The Balaban J connectivity index is 2.21. The molecule has 0 amide bonds. The molecule has 21 heavy (non-hydrogen) atoms. The predicted molar refractivity (Wildman–Crippen MR) is 93.7 cm³/mol. The minimum Gasteiger partial charge on any atom is -0.456 e. The quantitative estimate of drug-likeness (QED) is 0.302. The Morgan fingerprint density at radius 3 is 2.05 bits per heavy atom. The summed E-state index contributed by atoms with van der Waals surface area (Å²) in [5.41, 5.74) is 3.69. The van der Waals surface area contributed by atoms with Crippen molar-refractivity contribution in [2.75, 3.05) is 0 Å². The number of halogens is 1. The molecule has 2 aromatic heterocycles. The molecule has 0 N–H and O–H groups in total. The molecule has 3 aromatic carbocycles. The minimum absolute atomic E-state index is 0.916. The number of furan rings is 2. The van der Waals surface area contributed by atoms with Gasteiger partial charge in [0.15, 0.2) is 0 Å². The molecule has 0 atom stereocenters. The van der Waals surface area contributed by atoms with Crippen LogP contribution in [0.15, 0.2) is 63.4 Å². The van der Waals surface area contributed by atoms with Crippen molar-refractivity contribution in [1.82, 2.24) is 0 Å². The lowest BCUT2D eigenvalue weighted by atomic mass is 10.1. The van der Waals surface area contributed by atoms with Crippen LogP contribution in [0.25, 0.3) is 43.9 Å². The summed E-state index contributed by atoms with van der Waals surface area (Å²) in [4.78, 5) is 0. The molecule has 3 heteroatoms. The molecule has 0 fully saturated rings. The zero-order valence-corrected chi connectivity index (χ0v) is 13.0. The summed E-state index contributed by atoms with van der Waals surface area (Å²) in [6.45, 7) is 0. The molecule has 0 aliphatic heterocycles. The average molecular weight is 384 g/mol. The Morgan fingerprint density at radius 1 is 0.667 bits per heavy atom. The molecule has 0 unspecified atom stereocenters. The highest BCUT2D eigenvalue weighted by Crippen LogP contribution is 2.41. The Kier molecular flexibility index (Phi) is 2.22. The van der Waals surface area contributed by atoms with E-state index in [2.05, 4.69) is 40.8 Å². The van der Waals surface area contributed by atoms with Crippen molar-refractivity contribution in [3.05, 3.63) is 58.2 Å². The molecule has 0 aliphatic rings. The molecule has 5 aromatic rings. The molecular weight excluding hydrogens is 375 g/mol. The van der Waals surface area contributed by atoms with Crippen molar-refractivity contribution >= 4 is 66.5 Å². The summed E-state index contributed by atoms with van der Waals surface area (Å²) in [7, 11) is 0. The van der Waals surface area contributed by atoms with E-state index in [9.17, 15) is 0 Å². The third kappa shape index (κ3) is 1.47. The van der Waals surface area contributed by atoms with Crippen LogP contribution in [0.5, 0.6) is 0 Å². The first kappa shape index (κ1) is 11.6. The molecule has 0 spiro atoms. The first-order chi connectivity index (χ1) is 10.3. The Morgan fingerprint density at radius 2 is 1.29 bits per heavy atom. The van der Waals surface area contributed by atoms with E-state index in [4.69, 9.17) is 8.83 Å². The highest BCUT2D eigenvalue weighted by molar-refractivity contribution is 14.1. The zero-order valence-electron chi connectivity index (χ0n) is 10.9. The lowest BCUT2D eigenvalue weighted by Gasteiger charge is -1.96. The zero-order chi connectivity index (χ0) is 14.0. The van der Waals surface area contributed by atoms with E-state index < -0.39 is 0 Å². The van der Waals surface area contributed by atoms with Crippen molar-refractivity contribution in [3.63, 3.8) is 0 Å². The van der Waals surface area contributed by atoms with Gasteiger partial charge in [-0.2, -0.15) is 0 Å². The monoisotopic (exact) mass is 384 g/mol. The van der Waals surface area contributed by atoms with Crippen LogP contribution in [0.4, 0.5) is 0 Å². The number of hydrogen-bond acceptors (Lipinski definition) is 2. The van der Waals surface area contributed by atoms with Gasteiger partial charge < -0.3 is 8.83 Å². The standard InChI is InChI=1S/C18H9IO2/c19-12-9-15-16(10-5-1-3-7-13(10)20-15)17-11-6-2-4-8-14(11)21-18(12)17/h1-9H. The number of fused-ring (bicyclic) bond motifs is 7. The largest absolute Gasteiger partial charge is 0.456 e. The number of rotatable bonds is 0. The van der Waals surface area contributed by atoms with Crippen LogP contribution in [0, 0.1) is 3.57 Å². The first-order valence-electron chi connectivity index (χ1n) is 6.74. The SMILES string of the molecule is Ic1cc2oc3ccccc3c2c2c1oc1ccccc12. The van der Waals surface area contributed by atoms with Gasteiger partial charge in [0.1, 0.15) is 22.3 Å². The van der Waals surface area contributed by atoms with Gasteiger partial charge in [0.05, 0.1) is 3.57 Å². The second kappa shape index (κ2) is 4.01. The Hall–Kier alpha value is -2.01.